The molecule has 0 fully saturated rings. The first kappa shape index (κ1) is 26.3. The number of nitrogen functional groups attached to an aromatic ring is 1. The SMILES string of the molecule is CNC(=O)c1ccc(N)cc1F.CNC(=O)c1ccc(NC(C)(C)C#N)cc1F.C[Si](C)(C)C#N.[2H]C([2H])([2H])C(=O)C([2H])([2H])[2H]. The summed E-state index contributed by atoms with van der Waals surface area (Å²) in [6.45, 7) is 3.40. The Morgan fingerprint density at radius 1 is 0.923 bits per heavy atom. The Morgan fingerprint density at radius 3 is 1.67 bits per heavy atom. The van der Waals surface area contributed by atoms with Gasteiger partial charge in [-0.2, -0.15) is 5.26 Å². The molecular weight excluding hydrogens is 522 g/mol. The molecule has 9 nitrogen and oxygen atoms in total. The zero-order chi connectivity index (χ0) is 36.0. The standard InChI is InChI=1S/C12H14FN3O.C8H9FN2O.C4H9NSi.C3H6O/c1-12(2,7-14)16-8-4-5-9(10(13)6-8)11(17)15-3;1-11-8(12)6-3-2-5(10)4-7(6)9;1-6(2,3)4-5;1-3(2)4/h4-6,16H,1-3H3,(H,15,17);2-4H,10H2,1H3,(H,11,12);1-3H3;1-2H3/i;;;1D3,2D3. The number of nitrogens with zero attached hydrogens (tertiary/aromatic N) is 2. The highest BCUT2D eigenvalue weighted by atomic mass is 28.3. The number of Topliss-reactive ketones (excluding diaryl/α,β-unsaturated/α-hetero) is 1. The average Bonchev–Trinajstić information content (AvgIpc) is 2.91. The summed E-state index contributed by atoms with van der Waals surface area (Å²) in [6, 6.07) is 10.1. The Hall–Kier alpha value is -4.29. The summed E-state index contributed by atoms with van der Waals surface area (Å²) in [5.74, 6) is -3.83. The number of anilines is 2. The summed E-state index contributed by atoms with van der Waals surface area (Å²) in [7, 11) is 1.55. The first-order valence-electron chi connectivity index (χ1n) is 14.2. The second-order valence-electron chi connectivity index (χ2n) is 9.14. The smallest absolute Gasteiger partial charge is 0.253 e. The Labute approximate surface area is 238 Å². The van der Waals surface area contributed by atoms with Crippen LogP contribution in [0, 0.1) is 33.9 Å². The minimum Gasteiger partial charge on any atom is -0.399 e. The van der Waals surface area contributed by atoms with E-state index in [9.17, 15) is 23.2 Å². The van der Waals surface area contributed by atoms with Crippen LogP contribution in [0.3, 0.4) is 0 Å². The lowest BCUT2D eigenvalue weighted by molar-refractivity contribution is -0.115. The highest BCUT2D eigenvalue weighted by Crippen LogP contribution is 2.18. The molecule has 2 aromatic carbocycles. The van der Waals surface area contributed by atoms with Crippen molar-refractivity contribution in [3.05, 3.63) is 59.2 Å². The van der Waals surface area contributed by atoms with Gasteiger partial charge in [-0.05, 0) is 63.9 Å². The van der Waals surface area contributed by atoms with Crippen LogP contribution in [0.25, 0.3) is 0 Å². The van der Waals surface area contributed by atoms with E-state index in [-0.39, 0.29) is 11.1 Å². The van der Waals surface area contributed by atoms with E-state index >= 15 is 0 Å². The van der Waals surface area contributed by atoms with Crippen LogP contribution in [0.15, 0.2) is 36.4 Å². The number of hydrogen-bond acceptors (Lipinski definition) is 7. The summed E-state index contributed by atoms with van der Waals surface area (Å²) in [5, 5.41) is 24.6. The van der Waals surface area contributed by atoms with Crippen LogP contribution in [0.1, 0.15) is 56.5 Å². The molecule has 0 atom stereocenters. The summed E-state index contributed by atoms with van der Waals surface area (Å²) >= 11 is 0. The number of hydrogen-bond donors (Lipinski definition) is 4. The number of benzene rings is 2. The monoisotopic (exact) mass is 566 g/mol. The molecule has 0 aromatic heterocycles. The maximum Gasteiger partial charge on any atom is 0.253 e. The normalized spacial score (nSPS) is 12.7. The van der Waals surface area contributed by atoms with Crippen molar-refractivity contribution in [3.63, 3.8) is 0 Å². The minimum atomic E-state index is -3.01. The zero-order valence-electron chi connectivity index (χ0n) is 28.9. The molecule has 0 unspecified atom stereocenters. The predicted molar refractivity (Wildman–Crippen MR) is 153 cm³/mol. The van der Waals surface area contributed by atoms with E-state index in [1.54, 1.807) is 19.9 Å². The van der Waals surface area contributed by atoms with Crippen molar-refractivity contribution in [3.8, 4) is 11.8 Å². The third kappa shape index (κ3) is 17.0. The number of rotatable bonds is 4. The molecule has 2 rings (SSSR count). The molecule has 2 amide bonds. The fourth-order valence-corrected chi connectivity index (χ4v) is 2.15. The molecule has 0 aliphatic carbocycles. The van der Waals surface area contributed by atoms with Crippen LogP contribution >= 0.6 is 0 Å². The first-order chi connectivity index (χ1) is 20.3. The predicted octanol–water partition coefficient (Wildman–Crippen LogP) is 4.65. The number of halogens is 2. The van der Waals surface area contributed by atoms with Crippen molar-refractivity contribution < 1.29 is 31.4 Å². The molecule has 0 bridgehead atoms. The maximum absolute atomic E-state index is 13.6. The van der Waals surface area contributed by atoms with E-state index < -0.39 is 56.5 Å². The van der Waals surface area contributed by atoms with Gasteiger partial charge in [0.1, 0.15) is 23.0 Å². The van der Waals surface area contributed by atoms with Crippen LogP contribution in [0.4, 0.5) is 20.2 Å². The van der Waals surface area contributed by atoms with Crippen molar-refractivity contribution in [2.24, 2.45) is 0 Å². The van der Waals surface area contributed by atoms with Crippen LogP contribution in [-0.2, 0) is 4.79 Å². The second kappa shape index (κ2) is 17.3. The van der Waals surface area contributed by atoms with Gasteiger partial charge in [-0.1, -0.05) is 19.6 Å². The van der Waals surface area contributed by atoms with Crippen molar-refractivity contribution in [1.29, 1.82) is 10.5 Å². The van der Waals surface area contributed by atoms with Crippen LogP contribution in [0.5, 0.6) is 0 Å². The molecule has 0 saturated heterocycles. The second-order valence-corrected chi connectivity index (χ2v) is 13.9. The Morgan fingerprint density at radius 2 is 1.36 bits per heavy atom. The van der Waals surface area contributed by atoms with Gasteiger partial charge in [-0.25, -0.2) is 14.0 Å². The van der Waals surface area contributed by atoms with Crippen LogP contribution in [-0.4, -0.2) is 45.3 Å². The lowest BCUT2D eigenvalue weighted by Crippen LogP contribution is -2.28. The molecular formula is C27H38F2N6O3Si. The molecule has 212 valence electrons. The van der Waals surface area contributed by atoms with Crippen molar-refractivity contribution >= 4 is 37.0 Å². The van der Waals surface area contributed by atoms with Gasteiger partial charge in [0.05, 0.1) is 17.2 Å². The topological polar surface area (TPSA) is 161 Å². The van der Waals surface area contributed by atoms with Gasteiger partial charge in [-0.3, -0.25) is 9.59 Å². The molecule has 0 saturated carbocycles. The van der Waals surface area contributed by atoms with Crippen LogP contribution < -0.4 is 21.7 Å². The number of nitrogens with two attached hydrogens (primary N) is 1. The maximum atomic E-state index is 13.6. The van der Waals surface area contributed by atoms with Gasteiger partial charge in [0, 0.05) is 39.4 Å². The summed E-state index contributed by atoms with van der Waals surface area (Å²) in [5.41, 5.74) is 7.50. The van der Waals surface area contributed by atoms with E-state index in [1.807, 2.05) is 25.7 Å². The lowest BCUT2D eigenvalue weighted by Gasteiger charge is -2.19. The highest BCUT2D eigenvalue weighted by molar-refractivity contribution is 6.83. The molecule has 12 heteroatoms. The number of nitriles is 2. The fraction of sp³-hybridized carbons (Fsp3) is 0.370. The fourth-order valence-electron chi connectivity index (χ4n) is 2.15. The van der Waals surface area contributed by atoms with Gasteiger partial charge in [0.2, 0.25) is 0 Å². The summed E-state index contributed by atoms with van der Waals surface area (Å²) < 4.78 is 65.0. The van der Waals surface area contributed by atoms with Gasteiger partial charge >= 0.3 is 0 Å². The van der Waals surface area contributed by atoms with Gasteiger partial charge in [-0.15, -0.1) is 0 Å². The Balaban J connectivity index is 0. The van der Waals surface area contributed by atoms with E-state index in [2.05, 4.69) is 21.6 Å². The molecule has 0 heterocycles. The van der Waals surface area contributed by atoms with Gasteiger partial charge in [0.25, 0.3) is 11.8 Å². The van der Waals surface area contributed by atoms with Crippen molar-refractivity contribution in [2.75, 3.05) is 25.1 Å². The number of carbonyl (C=O) groups excluding carboxylic acids is 3. The molecule has 5 N–H and O–H groups in total. The third-order valence-corrected chi connectivity index (χ3v) is 4.65. The number of ketones is 1. The minimum absolute atomic E-state index is 0.00620. The third-order valence-electron chi connectivity index (χ3n) is 3.98. The number of amides is 2. The van der Waals surface area contributed by atoms with Gasteiger partial charge in [0.15, 0.2) is 8.07 Å². The zero-order valence-corrected chi connectivity index (χ0v) is 23.9. The largest absolute Gasteiger partial charge is 0.399 e. The van der Waals surface area contributed by atoms with E-state index in [1.165, 1.54) is 38.4 Å². The first-order valence-corrected chi connectivity index (χ1v) is 14.7. The molecule has 39 heavy (non-hydrogen) atoms. The molecule has 0 aliphatic heterocycles. The van der Waals surface area contributed by atoms with Crippen LogP contribution in [0.2, 0.25) is 19.6 Å². The Bertz CT molecular complexity index is 1400. The molecule has 2 aromatic rings. The number of carbonyl (C=O) groups is 3. The quantitative estimate of drug-likeness (QED) is 0.309. The highest BCUT2D eigenvalue weighted by Gasteiger charge is 2.17. The van der Waals surface area contributed by atoms with E-state index in [4.69, 9.17) is 24.5 Å². The van der Waals surface area contributed by atoms with Gasteiger partial charge < -0.3 is 26.5 Å². The molecule has 0 spiro atoms. The van der Waals surface area contributed by atoms with E-state index in [0.717, 1.165) is 6.07 Å². The average molecular weight is 567 g/mol. The van der Waals surface area contributed by atoms with Crippen molar-refractivity contribution in [1.82, 2.24) is 10.6 Å². The molecule has 0 radical (unpaired) electrons. The van der Waals surface area contributed by atoms with E-state index in [0.29, 0.717) is 11.4 Å². The number of nitrogens with one attached hydrogen (secondary N) is 3. The Kier molecular flexibility index (Phi) is 11.6. The lowest BCUT2D eigenvalue weighted by atomic mass is 10.1. The van der Waals surface area contributed by atoms with Crippen molar-refractivity contribution in [2.45, 2.75) is 52.7 Å². The summed E-state index contributed by atoms with van der Waals surface area (Å²) in [4.78, 5) is 32.6. The molecule has 0 aliphatic rings. The summed E-state index contributed by atoms with van der Waals surface area (Å²) in [6.07, 6.45) is 0.